The van der Waals surface area contributed by atoms with Crippen molar-refractivity contribution in [1.29, 1.82) is 0 Å². The van der Waals surface area contributed by atoms with Crippen LogP contribution in [0.4, 0.5) is 13.2 Å². The lowest BCUT2D eigenvalue weighted by molar-refractivity contribution is -0.137. The molecule has 1 fully saturated rings. The molecule has 0 unspecified atom stereocenters. The molecule has 1 aliphatic heterocycles. The molecule has 148 valence electrons. The first-order valence-electron chi connectivity index (χ1n) is 9.03. The molecule has 2 aromatic heterocycles. The van der Waals surface area contributed by atoms with Crippen LogP contribution in [0.2, 0.25) is 0 Å². The summed E-state index contributed by atoms with van der Waals surface area (Å²) in [6, 6.07) is 4.87. The Kier molecular flexibility index (Phi) is 4.88. The predicted molar refractivity (Wildman–Crippen MR) is 102 cm³/mol. The zero-order chi connectivity index (χ0) is 19.9. The second-order valence-corrected chi connectivity index (χ2v) is 7.54. The fourth-order valence-electron chi connectivity index (χ4n) is 3.44. The van der Waals surface area contributed by atoms with E-state index in [2.05, 4.69) is 16.8 Å². The van der Waals surface area contributed by atoms with E-state index in [0.29, 0.717) is 29.3 Å². The summed E-state index contributed by atoms with van der Waals surface area (Å²) >= 11 is 1.39. The van der Waals surface area contributed by atoms with E-state index in [9.17, 15) is 18.0 Å². The van der Waals surface area contributed by atoms with Gasteiger partial charge in [0.1, 0.15) is 0 Å². The minimum atomic E-state index is -4.40. The maximum absolute atomic E-state index is 13.1. The maximum atomic E-state index is 13.1. The van der Waals surface area contributed by atoms with Crippen LogP contribution in [0.5, 0.6) is 0 Å². The average molecular weight is 408 g/mol. The Hall–Kier alpha value is -2.39. The van der Waals surface area contributed by atoms with E-state index in [1.807, 2.05) is 5.38 Å². The number of nitrogens with zero attached hydrogens (tertiary/aromatic N) is 4. The summed E-state index contributed by atoms with van der Waals surface area (Å²) in [4.78, 5) is 22.3. The summed E-state index contributed by atoms with van der Waals surface area (Å²) in [5, 5.41) is 1.84. The molecule has 4 rings (SSSR count). The number of alkyl halides is 3. The van der Waals surface area contributed by atoms with Gasteiger partial charge in [-0.1, -0.05) is 19.1 Å². The highest BCUT2D eigenvalue weighted by Crippen LogP contribution is 2.33. The van der Waals surface area contributed by atoms with Crippen LogP contribution >= 0.6 is 11.3 Å². The van der Waals surface area contributed by atoms with E-state index in [1.165, 1.54) is 23.5 Å². The van der Waals surface area contributed by atoms with Gasteiger partial charge in [-0.25, -0.2) is 4.98 Å². The van der Waals surface area contributed by atoms with Gasteiger partial charge >= 0.3 is 6.18 Å². The summed E-state index contributed by atoms with van der Waals surface area (Å²) in [6.45, 7) is 5.87. The van der Waals surface area contributed by atoms with Gasteiger partial charge in [0, 0.05) is 43.3 Å². The molecule has 0 saturated carbocycles. The van der Waals surface area contributed by atoms with Crippen molar-refractivity contribution in [3.8, 4) is 11.3 Å². The van der Waals surface area contributed by atoms with Crippen LogP contribution < -0.4 is 0 Å². The number of piperazine rings is 1. The normalized spacial score (nSPS) is 16.1. The molecular formula is C19H19F3N4OS. The first kappa shape index (κ1) is 18.9. The van der Waals surface area contributed by atoms with Gasteiger partial charge in [-0.2, -0.15) is 13.2 Å². The molecule has 0 atom stereocenters. The first-order chi connectivity index (χ1) is 13.4. The molecule has 1 saturated heterocycles. The van der Waals surface area contributed by atoms with E-state index in [1.54, 1.807) is 15.5 Å². The number of carbonyl (C=O) groups excluding carboxylic acids is 1. The number of halogens is 3. The van der Waals surface area contributed by atoms with Gasteiger partial charge < -0.3 is 9.80 Å². The Bertz CT molecular complexity index is 985. The quantitative estimate of drug-likeness (QED) is 0.661. The SMILES string of the molecule is CCN1CCN(C(=O)c2nc3sccn3c2-c2ccc(C(F)(F)F)cc2)CC1. The molecular weight excluding hydrogens is 389 g/mol. The summed E-state index contributed by atoms with van der Waals surface area (Å²) in [5.74, 6) is -0.179. The van der Waals surface area contributed by atoms with Crippen LogP contribution in [-0.4, -0.2) is 57.8 Å². The van der Waals surface area contributed by atoms with Gasteiger partial charge in [0.2, 0.25) is 0 Å². The zero-order valence-corrected chi connectivity index (χ0v) is 16.1. The van der Waals surface area contributed by atoms with Crippen LogP contribution in [0, 0.1) is 0 Å². The molecule has 1 aliphatic rings. The molecule has 28 heavy (non-hydrogen) atoms. The second kappa shape index (κ2) is 7.21. The Balaban J connectivity index is 1.71. The molecule has 3 heterocycles. The van der Waals surface area contributed by atoms with Crippen LogP contribution in [0.3, 0.4) is 0 Å². The fourth-order valence-corrected chi connectivity index (χ4v) is 4.16. The monoisotopic (exact) mass is 408 g/mol. The highest BCUT2D eigenvalue weighted by atomic mass is 32.1. The number of rotatable bonds is 3. The molecule has 0 aliphatic carbocycles. The van der Waals surface area contributed by atoms with Crippen molar-refractivity contribution < 1.29 is 18.0 Å². The summed E-state index contributed by atoms with van der Waals surface area (Å²) in [5.41, 5.74) is 0.643. The van der Waals surface area contributed by atoms with Crippen molar-refractivity contribution in [2.24, 2.45) is 0 Å². The lowest BCUT2D eigenvalue weighted by atomic mass is 10.1. The Morgan fingerprint density at radius 2 is 1.82 bits per heavy atom. The van der Waals surface area contributed by atoms with Crippen molar-refractivity contribution in [3.05, 3.63) is 47.1 Å². The number of hydrogen-bond donors (Lipinski definition) is 0. The molecule has 0 radical (unpaired) electrons. The number of amides is 1. The van der Waals surface area contributed by atoms with Crippen molar-refractivity contribution in [1.82, 2.24) is 19.2 Å². The topological polar surface area (TPSA) is 40.8 Å². The lowest BCUT2D eigenvalue weighted by Crippen LogP contribution is -2.48. The lowest BCUT2D eigenvalue weighted by Gasteiger charge is -2.33. The van der Waals surface area contributed by atoms with E-state index in [0.717, 1.165) is 31.8 Å². The average Bonchev–Trinajstić information content (AvgIpc) is 3.28. The largest absolute Gasteiger partial charge is 0.416 e. The van der Waals surface area contributed by atoms with Crippen molar-refractivity contribution >= 4 is 22.2 Å². The molecule has 0 N–H and O–H groups in total. The number of aromatic nitrogens is 2. The number of imidazole rings is 1. The van der Waals surface area contributed by atoms with Gasteiger partial charge in [0.05, 0.1) is 11.3 Å². The molecule has 9 heteroatoms. The molecule has 3 aromatic rings. The number of carbonyl (C=O) groups is 1. The minimum Gasteiger partial charge on any atom is -0.335 e. The summed E-state index contributed by atoms with van der Waals surface area (Å²) in [6.07, 6.45) is -2.61. The van der Waals surface area contributed by atoms with E-state index >= 15 is 0 Å². The number of fused-ring (bicyclic) bond motifs is 1. The van der Waals surface area contributed by atoms with Gasteiger partial charge in [-0.3, -0.25) is 9.20 Å². The van der Waals surface area contributed by atoms with Crippen LogP contribution in [0.25, 0.3) is 16.2 Å². The summed E-state index contributed by atoms with van der Waals surface area (Å²) < 4.78 is 40.5. The minimum absolute atomic E-state index is 0.179. The maximum Gasteiger partial charge on any atom is 0.416 e. The van der Waals surface area contributed by atoms with Gasteiger partial charge in [0.25, 0.3) is 5.91 Å². The molecule has 1 amide bonds. The first-order valence-corrected chi connectivity index (χ1v) is 9.91. The van der Waals surface area contributed by atoms with Crippen LogP contribution in [0.1, 0.15) is 23.0 Å². The van der Waals surface area contributed by atoms with Crippen molar-refractivity contribution in [2.45, 2.75) is 13.1 Å². The standard InChI is InChI=1S/C19H19F3N4OS/c1-2-24-7-9-25(10-8-24)17(27)15-16(26-11-12-28-18(26)23-15)13-3-5-14(6-4-13)19(20,21)22/h3-6,11-12H,2,7-10H2,1H3. The fraction of sp³-hybridized carbons (Fsp3) is 0.368. The van der Waals surface area contributed by atoms with E-state index in [-0.39, 0.29) is 11.6 Å². The van der Waals surface area contributed by atoms with Crippen LogP contribution in [-0.2, 0) is 6.18 Å². The van der Waals surface area contributed by atoms with Gasteiger partial charge in [0.15, 0.2) is 10.7 Å². The highest BCUT2D eigenvalue weighted by molar-refractivity contribution is 7.15. The van der Waals surface area contributed by atoms with E-state index in [4.69, 9.17) is 0 Å². The summed E-state index contributed by atoms with van der Waals surface area (Å²) in [7, 11) is 0. The van der Waals surface area contributed by atoms with Gasteiger partial charge in [-0.05, 0) is 18.7 Å². The third-order valence-electron chi connectivity index (χ3n) is 5.06. The van der Waals surface area contributed by atoms with Crippen molar-refractivity contribution in [2.75, 3.05) is 32.7 Å². The zero-order valence-electron chi connectivity index (χ0n) is 15.2. The Morgan fingerprint density at radius 3 is 2.43 bits per heavy atom. The number of benzene rings is 1. The smallest absolute Gasteiger partial charge is 0.335 e. The molecule has 5 nitrogen and oxygen atoms in total. The number of likely N-dealkylation sites (N-methyl/N-ethyl adjacent to an activating group) is 1. The third kappa shape index (κ3) is 3.40. The second-order valence-electron chi connectivity index (χ2n) is 6.67. The Morgan fingerprint density at radius 1 is 1.14 bits per heavy atom. The molecule has 1 aromatic carbocycles. The Labute approximate surface area is 164 Å². The highest BCUT2D eigenvalue weighted by Gasteiger charge is 2.31. The molecule has 0 spiro atoms. The van der Waals surface area contributed by atoms with Crippen LogP contribution in [0.15, 0.2) is 35.8 Å². The molecule has 0 bridgehead atoms. The van der Waals surface area contributed by atoms with E-state index < -0.39 is 11.7 Å². The predicted octanol–water partition coefficient (Wildman–Crippen LogP) is 3.86. The number of thiazole rings is 1. The third-order valence-corrected chi connectivity index (χ3v) is 5.81. The van der Waals surface area contributed by atoms with Crippen molar-refractivity contribution in [3.63, 3.8) is 0 Å². The number of hydrogen-bond acceptors (Lipinski definition) is 4. The van der Waals surface area contributed by atoms with Gasteiger partial charge in [-0.15, -0.1) is 11.3 Å².